The van der Waals surface area contributed by atoms with Crippen molar-refractivity contribution in [3.63, 3.8) is 0 Å². The number of nitrogens with zero attached hydrogens (tertiary/aromatic N) is 1. The van der Waals surface area contributed by atoms with Crippen molar-refractivity contribution >= 4 is 18.5 Å². The summed E-state index contributed by atoms with van der Waals surface area (Å²) in [5, 5.41) is 8.87. The Morgan fingerprint density at radius 1 is 0.722 bits per heavy atom. The number of hydrogen-bond donors (Lipinski definition) is 1. The van der Waals surface area contributed by atoms with Crippen molar-refractivity contribution in [2.75, 3.05) is 45.8 Å². The van der Waals surface area contributed by atoms with E-state index in [0.717, 1.165) is 30.3 Å². The fourth-order valence-corrected chi connectivity index (χ4v) is 5.79. The summed E-state index contributed by atoms with van der Waals surface area (Å²) in [6.45, 7) is 5.16. The summed E-state index contributed by atoms with van der Waals surface area (Å²) in [5.74, 6) is 0.432. The smallest absolute Gasteiger partial charge is 0.494 e. The van der Waals surface area contributed by atoms with E-state index in [4.69, 9.17) is 5.11 Å². The summed E-state index contributed by atoms with van der Waals surface area (Å²) in [6.07, 6.45) is 21.0. The molecule has 7 nitrogen and oxygen atoms in total. The second kappa shape index (κ2) is 27.9. The number of aliphatic hydroxyl groups is 1. The molecule has 0 aliphatic rings. The minimum Gasteiger partial charge on any atom is -0.870 e. The lowest BCUT2D eigenvalue weighted by atomic mass is 10.0. The van der Waals surface area contributed by atoms with Crippen molar-refractivity contribution in [1.29, 1.82) is 0 Å². The van der Waals surface area contributed by atoms with E-state index in [1.807, 2.05) is 6.92 Å². The molecule has 0 aliphatic carbocycles. The maximum absolute atomic E-state index is 11.8. The predicted molar refractivity (Wildman–Crippen MR) is 154 cm³/mol. The van der Waals surface area contributed by atoms with Gasteiger partial charge in [0.25, 0.3) is 0 Å². The number of hydrogen-bond acceptors (Lipinski definition) is 6. The van der Waals surface area contributed by atoms with Crippen LogP contribution in [0.25, 0.3) is 0 Å². The molecular weight excluding hydrogens is 497 g/mol. The molecule has 0 aromatic heterocycles. The molecule has 0 spiro atoms. The van der Waals surface area contributed by atoms with Crippen LogP contribution in [0, 0.1) is 0 Å². The topological polar surface area (TPSA) is 111 Å². The number of rotatable bonds is 24. The van der Waals surface area contributed by atoms with Gasteiger partial charge in [-0.05, 0) is 24.3 Å². The highest BCUT2D eigenvalue weighted by Gasteiger charge is 2.11. The van der Waals surface area contributed by atoms with Gasteiger partial charge in [-0.2, -0.15) is 0 Å². The minimum atomic E-state index is -2.96. The lowest BCUT2D eigenvalue weighted by Gasteiger charge is -2.24. The molecule has 0 radical (unpaired) electrons. The van der Waals surface area contributed by atoms with Gasteiger partial charge in [0.15, 0.2) is 0 Å². The lowest BCUT2D eigenvalue weighted by molar-refractivity contribution is -0.873. The lowest BCUT2D eigenvalue weighted by Crippen LogP contribution is -2.40. The van der Waals surface area contributed by atoms with Crippen LogP contribution in [0.1, 0.15) is 123 Å². The van der Waals surface area contributed by atoms with E-state index in [2.05, 4.69) is 32.6 Å². The molecule has 2 atom stereocenters. The van der Waals surface area contributed by atoms with E-state index in [9.17, 15) is 13.0 Å². The summed E-state index contributed by atoms with van der Waals surface area (Å²) in [7, 11) is 2.43. The summed E-state index contributed by atoms with van der Waals surface area (Å²) in [5.41, 5.74) is 0. The average Bonchev–Trinajstić information content (AvgIpc) is 2.75. The van der Waals surface area contributed by atoms with Crippen LogP contribution in [0.15, 0.2) is 0 Å². The quantitative estimate of drug-likeness (QED) is 0.0783. The Labute approximate surface area is 225 Å². The van der Waals surface area contributed by atoms with Gasteiger partial charge in [-0.15, -0.1) is 4.52 Å². The van der Waals surface area contributed by atoms with Crippen LogP contribution in [0.5, 0.6) is 0 Å². The molecule has 0 aromatic rings. The van der Waals surface area contributed by atoms with Gasteiger partial charge in [-0.3, -0.25) is 0 Å². The Morgan fingerprint density at radius 3 is 1.39 bits per heavy atom. The monoisotopic (exact) mass is 558 g/mol. The molecule has 0 aromatic carbocycles. The first kappa shape index (κ1) is 40.4. The molecule has 0 saturated carbocycles. The predicted octanol–water partition coefficient (Wildman–Crippen LogP) is 6.91. The first-order valence-electron chi connectivity index (χ1n) is 14.2. The molecule has 36 heavy (non-hydrogen) atoms. The van der Waals surface area contributed by atoms with E-state index < -0.39 is 18.5 Å². The maximum Gasteiger partial charge on any atom is 0.494 e. The standard InChI is InChI=1S/C21H44O4PS.C6H16NO.H2O/c1-2-3-4-5-6-7-8-9-10-11-12-13-14-15-16-17-20-27(23,24)21-18-19-25-26-22;1-6(8)5-7(2,3)4;/h26H,2-21H2,1H3;6,8H,5H2,1-4H3;1H2/q2*+1;/p-1. The maximum atomic E-state index is 11.8. The third kappa shape index (κ3) is 38.4. The third-order valence-corrected chi connectivity index (χ3v) is 8.02. The highest BCUT2D eigenvalue weighted by atomic mass is 32.2. The van der Waals surface area contributed by atoms with Crippen LogP contribution in [0.2, 0.25) is 0 Å². The van der Waals surface area contributed by atoms with Crippen LogP contribution >= 0.6 is 8.69 Å². The summed E-state index contributed by atoms with van der Waals surface area (Å²) in [6, 6.07) is 0. The molecule has 220 valence electrons. The van der Waals surface area contributed by atoms with Crippen LogP contribution in [-0.4, -0.2) is 75.4 Å². The Hall–Kier alpha value is -0.110. The molecule has 0 rings (SSSR count). The van der Waals surface area contributed by atoms with E-state index in [-0.39, 0.29) is 29.7 Å². The molecule has 2 unspecified atom stereocenters. The van der Waals surface area contributed by atoms with Gasteiger partial charge in [0.05, 0.1) is 32.6 Å². The normalized spacial score (nSPS) is 12.6. The van der Waals surface area contributed by atoms with Crippen LogP contribution in [0.4, 0.5) is 0 Å². The molecule has 2 N–H and O–H groups in total. The van der Waals surface area contributed by atoms with Crippen molar-refractivity contribution in [3.8, 4) is 0 Å². The van der Waals surface area contributed by atoms with Gasteiger partial charge < -0.3 is 15.1 Å². The van der Waals surface area contributed by atoms with E-state index in [1.165, 1.54) is 83.5 Å². The molecule has 0 fully saturated rings. The van der Waals surface area contributed by atoms with Crippen molar-refractivity contribution in [2.45, 2.75) is 129 Å². The summed E-state index contributed by atoms with van der Waals surface area (Å²) < 4.78 is 39.3. The Morgan fingerprint density at radius 2 is 1.08 bits per heavy atom. The first-order valence-corrected chi connectivity index (χ1v) is 16.9. The highest BCUT2D eigenvalue weighted by molar-refractivity contribution is 7.91. The Balaban J connectivity index is -0.00000104. The summed E-state index contributed by atoms with van der Waals surface area (Å²) in [4.78, 5) is 0. The number of aliphatic hydroxyl groups excluding tert-OH is 1. The van der Waals surface area contributed by atoms with Gasteiger partial charge >= 0.3 is 8.69 Å². The van der Waals surface area contributed by atoms with Crippen LogP contribution in [0.3, 0.4) is 0 Å². The molecular formula is C27H61NO6PS+. The zero-order valence-electron chi connectivity index (χ0n) is 24.3. The summed E-state index contributed by atoms with van der Waals surface area (Å²) >= 11 is 0. The van der Waals surface area contributed by atoms with Crippen molar-refractivity contribution in [1.82, 2.24) is 0 Å². The van der Waals surface area contributed by atoms with E-state index in [0.29, 0.717) is 6.42 Å². The molecule has 0 heterocycles. The average molecular weight is 559 g/mol. The molecule has 9 heteroatoms. The second-order valence-electron chi connectivity index (χ2n) is 11.1. The Kier molecular flexibility index (Phi) is 31.3. The zero-order valence-corrected chi connectivity index (χ0v) is 26.1. The van der Waals surface area contributed by atoms with Crippen molar-refractivity contribution in [3.05, 3.63) is 0 Å². The minimum absolute atomic E-state index is 0. The molecule has 0 amide bonds. The van der Waals surface area contributed by atoms with Gasteiger partial charge in [-0.1, -0.05) is 103 Å². The molecule has 0 aliphatic heterocycles. The fraction of sp³-hybridized carbons (Fsp3) is 1.00. The fourth-order valence-electron chi connectivity index (χ4n) is 4.16. The SMILES string of the molecule is CC(O)C[N+](C)(C)C.CCCCCCCCCCCCCCCCCCS(=O)(=O)CCCO[PH+]=O.[OH-]. The first-order chi connectivity index (χ1) is 16.5. The van der Waals surface area contributed by atoms with Gasteiger partial charge in [0.1, 0.15) is 29.1 Å². The van der Waals surface area contributed by atoms with Gasteiger partial charge in [0.2, 0.25) is 0 Å². The number of quaternary nitrogens is 1. The molecule has 0 bridgehead atoms. The third-order valence-electron chi connectivity index (χ3n) is 5.88. The number of unbranched alkanes of at least 4 members (excludes halogenated alkanes) is 15. The van der Waals surface area contributed by atoms with Gasteiger partial charge in [-0.25, -0.2) is 8.42 Å². The van der Waals surface area contributed by atoms with E-state index >= 15 is 0 Å². The second-order valence-corrected chi connectivity index (χ2v) is 13.8. The highest BCUT2D eigenvalue weighted by Crippen LogP contribution is 2.14. The van der Waals surface area contributed by atoms with E-state index in [1.54, 1.807) is 0 Å². The van der Waals surface area contributed by atoms with Crippen LogP contribution < -0.4 is 0 Å². The Bertz CT molecular complexity index is 553. The van der Waals surface area contributed by atoms with Crippen LogP contribution in [-0.2, 0) is 18.9 Å². The van der Waals surface area contributed by atoms with Crippen molar-refractivity contribution < 1.29 is 32.6 Å². The number of likely N-dealkylation sites (N-methyl/N-ethyl adjacent to an activating group) is 1. The zero-order chi connectivity index (χ0) is 26.8. The molecule has 0 saturated heterocycles. The van der Waals surface area contributed by atoms with Crippen molar-refractivity contribution in [2.24, 2.45) is 0 Å². The largest absolute Gasteiger partial charge is 0.870 e. The van der Waals surface area contributed by atoms with Gasteiger partial charge in [0, 0.05) is 0 Å². The number of sulfone groups is 1.